The first-order valence-corrected chi connectivity index (χ1v) is 47.5. The van der Waals surface area contributed by atoms with Crippen LogP contribution in [-0.4, -0.2) is 50.1 Å². The number of para-hydroxylation sites is 2. The first kappa shape index (κ1) is 75.2. The van der Waals surface area contributed by atoms with Gasteiger partial charge in [-0.05, 0) is 0 Å². The summed E-state index contributed by atoms with van der Waals surface area (Å²) in [6, 6.07) is 163. The molecular formula is C118H80B3N3OSe2. The molecule has 0 amide bonds. The summed E-state index contributed by atoms with van der Waals surface area (Å²) in [5.41, 5.74) is 43.9. The Morgan fingerprint density at radius 2 is 0.504 bits per heavy atom. The predicted octanol–water partition coefficient (Wildman–Crippen LogP) is 20.9. The van der Waals surface area contributed by atoms with Crippen molar-refractivity contribution in [2.45, 2.75) is 26.2 Å². The number of hydrogen-bond donors (Lipinski definition) is 0. The van der Waals surface area contributed by atoms with Gasteiger partial charge in [0.1, 0.15) is 0 Å². The van der Waals surface area contributed by atoms with Crippen molar-refractivity contribution >= 4 is 168 Å². The standard InChI is InChI=1S/C118H80B3N3OSe2/c1-118(2,3)89-71-101-109-102(72-89)124(115-93(83-47-27-11-28-48-83)53-32-54-94(115)84-49-29-12-30-50-84)104-74-106-113-117(111(104)120(109)96-68-86(77-37-17-6-18-38-77)58-64-100(96)123(101)114-91(81-43-23-9-24-44-81)51-31-52-92(114)82-45-25-10-26-46-82)127-108-66-60-88(79-41-21-8-22-42-79)70-98(108)121(113)112-105(125-106)73-103-110-116(112)126-107-65-59-87(78-39-19-7-20-40-78)69-97(107)119(110)95-67-85(76-35-15-5-16-36-76)57-63-99(95)122(103)90-61-55-80(56-62-90)75-33-13-4-14-34-75/h4-74H,1-3H3. The van der Waals surface area contributed by atoms with Gasteiger partial charge in [-0.25, -0.2) is 0 Å². The molecule has 19 aromatic carbocycles. The Morgan fingerprint density at radius 1 is 0.220 bits per heavy atom. The van der Waals surface area contributed by atoms with E-state index in [0.717, 1.165) is 107 Å². The average Bonchev–Trinajstić information content (AvgIpc) is 0.672. The van der Waals surface area contributed by atoms with Crippen LogP contribution in [0, 0.1) is 0 Å². The molecule has 0 saturated heterocycles. The second-order valence-electron chi connectivity index (χ2n) is 35.2. The molecule has 0 atom stereocenters. The van der Waals surface area contributed by atoms with Crippen molar-refractivity contribution in [1.82, 2.24) is 0 Å². The van der Waals surface area contributed by atoms with Crippen molar-refractivity contribution in [3.05, 3.63) is 436 Å². The molecule has 0 fully saturated rings. The van der Waals surface area contributed by atoms with E-state index in [1.807, 2.05) is 0 Å². The SMILES string of the molecule is CC(C)(C)c1cc2c3c(c1)N(c1c(-c4ccccc4)cccc1-c1ccccc1)c1cc4c5c(c1B3c1cc(-c3ccccc3)ccc1N2c1c(-c2ccccc2)cccc1-c1ccccc1)[Se]c1ccc(-c2ccccc2)cc1B5c1c(cc2c3c1[Se]c1ccc(-c5ccccc5)cc1B3c1cc(-c3ccccc3)ccc1N2c1ccc(-c2ccccc2)cc1)O4. The van der Waals surface area contributed by atoms with E-state index in [0.29, 0.717) is 0 Å². The van der Waals surface area contributed by atoms with Gasteiger partial charge in [-0.1, -0.05) is 0 Å². The van der Waals surface area contributed by atoms with E-state index in [9.17, 15) is 0 Å². The van der Waals surface area contributed by atoms with E-state index in [2.05, 4.69) is 466 Å². The number of anilines is 9. The predicted molar refractivity (Wildman–Crippen MR) is 542 cm³/mol. The molecule has 0 aromatic heterocycles. The van der Waals surface area contributed by atoms with E-state index in [4.69, 9.17) is 4.74 Å². The van der Waals surface area contributed by atoms with Gasteiger partial charge in [-0.15, -0.1) is 0 Å². The summed E-state index contributed by atoms with van der Waals surface area (Å²) < 4.78 is 14.1. The van der Waals surface area contributed by atoms with E-state index >= 15 is 0 Å². The van der Waals surface area contributed by atoms with Gasteiger partial charge in [0.2, 0.25) is 0 Å². The molecule has 25 rings (SSSR count). The maximum absolute atomic E-state index is 8.56. The summed E-state index contributed by atoms with van der Waals surface area (Å²) in [6.07, 6.45) is 0. The summed E-state index contributed by atoms with van der Waals surface area (Å²) in [7, 11) is 0. The first-order valence-electron chi connectivity index (χ1n) is 44.1. The Kier molecular flexibility index (Phi) is 17.9. The third-order valence-electron chi connectivity index (χ3n) is 27.0. The van der Waals surface area contributed by atoms with Crippen LogP contribution in [-0.2, 0) is 5.41 Å². The molecule has 6 aliphatic heterocycles. The summed E-state index contributed by atoms with van der Waals surface area (Å²) >= 11 is -0.571. The number of fused-ring (bicyclic) bond motifs is 14. The summed E-state index contributed by atoms with van der Waals surface area (Å²) in [4.78, 5) is 8.08. The minimum absolute atomic E-state index is 0.157. The third-order valence-corrected chi connectivity index (χ3v) is 32.2. The zero-order valence-electron chi connectivity index (χ0n) is 70.3. The van der Waals surface area contributed by atoms with Gasteiger partial charge in [0.15, 0.2) is 0 Å². The van der Waals surface area contributed by atoms with Gasteiger partial charge < -0.3 is 0 Å². The fraction of sp³-hybridized carbons (Fsp3) is 0.0339. The molecule has 4 nitrogen and oxygen atoms in total. The van der Waals surface area contributed by atoms with Crippen LogP contribution in [0.25, 0.3) is 100 Å². The van der Waals surface area contributed by atoms with Crippen LogP contribution < -0.4 is 86.4 Å². The second-order valence-corrected chi connectivity index (χ2v) is 39.6. The normalized spacial score (nSPS) is 13.2. The molecule has 127 heavy (non-hydrogen) atoms. The van der Waals surface area contributed by atoms with E-state index in [1.165, 1.54) is 128 Å². The van der Waals surface area contributed by atoms with E-state index in [-0.39, 0.29) is 55.5 Å². The summed E-state index contributed by atoms with van der Waals surface area (Å²) in [5, 5.41) is 0. The Bertz CT molecular complexity index is 7520. The topological polar surface area (TPSA) is 19.0 Å². The number of benzene rings is 19. The molecule has 0 radical (unpaired) electrons. The zero-order chi connectivity index (χ0) is 84.1. The van der Waals surface area contributed by atoms with Crippen LogP contribution in [0.4, 0.5) is 51.2 Å². The fourth-order valence-corrected chi connectivity index (χ4v) is 26.6. The molecule has 0 aliphatic carbocycles. The molecule has 0 saturated carbocycles. The van der Waals surface area contributed by atoms with Crippen molar-refractivity contribution in [2.75, 3.05) is 14.7 Å². The Labute approximate surface area is 755 Å². The van der Waals surface area contributed by atoms with Crippen LogP contribution >= 0.6 is 0 Å². The molecule has 19 aromatic rings. The number of rotatable bonds is 12. The fourth-order valence-electron chi connectivity index (χ4n) is 21.1. The van der Waals surface area contributed by atoms with Gasteiger partial charge in [0, 0.05) is 0 Å². The molecule has 6 aliphatic rings. The molecule has 594 valence electrons. The van der Waals surface area contributed by atoms with Crippen LogP contribution in [0.3, 0.4) is 0 Å². The second kappa shape index (κ2) is 30.2. The molecule has 0 bridgehead atoms. The quantitative estimate of drug-likeness (QED) is 0.113. The van der Waals surface area contributed by atoms with Crippen molar-refractivity contribution < 1.29 is 4.74 Å². The average molecular weight is 1750 g/mol. The molecule has 9 heteroatoms. The minimum atomic E-state index is -0.348. The van der Waals surface area contributed by atoms with Crippen molar-refractivity contribution in [3.63, 3.8) is 0 Å². The van der Waals surface area contributed by atoms with Gasteiger partial charge in [0.05, 0.1) is 0 Å². The van der Waals surface area contributed by atoms with Crippen LogP contribution in [0.2, 0.25) is 0 Å². The Balaban J connectivity index is 0.827. The van der Waals surface area contributed by atoms with Crippen LogP contribution in [0.15, 0.2) is 431 Å². The van der Waals surface area contributed by atoms with E-state index in [1.54, 1.807) is 0 Å². The van der Waals surface area contributed by atoms with Gasteiger partial charge in [-0.3, -0.25) is 0 Å². The monoisotopic (exact) mass is 1750 g/mol. The van der Waals surface area contributed by atoms with Crippen molar-refractivity contribution in [3.8, 4) is 112 Å². The van der Waals surface area contributed by atoms with Crippen LogP contribution in [0.5, 0.6) is 11.5 Å². The molecular weight excluding hydrogens is 1670 g/mol. The van der Waals surface area contributed by atoms with Crippen LogP contribution in [0.1, 0.15) is 26.3 Å². The van der Waals surface area contributed by atoms with Gasteiger partial charge in [0.25, 0.3) is 0 Å². The van der Waals surface area contributed by atoms with Gasteiger partial charge in [-0.2, -0.15) is 0 Å². The Hall–Kier alpha value is -14.4. The number of ether oxygens (including phenoxy) is 1. The Morgan fingerprint density at radius 3 is 0.890 bits per heavy atom. The molecule has 0 N–H and O–H groups in total. The van der Waals surface area contributed by atoms with Crippen molar-refractivity contribution in [1.29, 1.82) is 0 Å². The first-order chi connectivity index (χ1) is 62.7. The summed E-state index contributed by atoms with van der Waals surface area (Å²) in [5.74, 6) is 1.79. The maximum atomic E-state index is 8.56. The number of hydrogen-bond acceptors (Lipinski definition) is 4. The van der Waals surface area contributed by atoms with E-state index < -0.39 is 0 Å². The summed E-state index contributed by atoms with van der Waals surface area (Å²) in [6.45, 7) is 6.46. The zero-order valence-corrected chi connectivity index (χ0v) is 73.7. The number of nitrogens with zero attached hydrogens (tertiary/aromatic N) is 3. The van der Waals surface area contributed by atoms with Gasteiger partial charge >= 0.3 is 762 Å². The molecule has 6 heterocycles. The molecule has 0 unspecified atom stereocenters. The third kappa shape index (κ3) is 12.3. The van der Waals surface area contributed by atoms with Crippen molar-refractivity contribution in [2.24, 2.45) is 0 Å². The molecule has 0 spiro atoms.